The van der Waals surface area contributed by atoms with Crippen LogP contribution in [0.15, 0.2) is 60.7 Å². The predicted molar refractivity (Wildman–Crippen MR) is 111 cm³/mol. The molecule has 0 aliphatic heterocycles. The van der Waals surface area contributed by atoms with Crippen molar-refractivity contribution in [2.24, 2.45) is 0 Å². The Kier molecular flexibility index (Phi) is 6.22. The van der Waals surface area contributed by atoms with Crippen molar-refractivity contribution in [2.45, 2.75) is 20.8 Å². The van der Waals surface area contributed by atoms with Gasteiger partial charge in [0.15, 0.2) is 0 Å². The summed E-state index contributed by atoms with van der Waals surface area (Å²) in [4.78, 5) is 23.7. The number of aryl methyl sites for hydroxylation is 1. The first-order valence-electron chi connectivity index (χ1n) is 9.33. The minimum absolute atomic E-state index is 0.166. The SMILES string of the molecule is CCOc1ccccc1Nc1nc(C)cc(C(=O)N(CC)c2ccccc2)n1. The fraction of sp³-hybridized carbons (Fsp3) is 0.227. The minimum atomic E-state index is -0.166. The Bertz CT molecular complexity index is 944. The molecule has 0 fully saturated rings. The van der Waals surface area contributed by atoms with E-state index in [9.17, 15) is 4.79 Å². The van der Waals surface area contributed by atoms with Gasteiger partial charge in [-0.25, -0.2) is 9.97 Å². The third kappa shape index (κ3) is 4.46. The molecule has 1 aromatic heterocycles. The van der Waals surface area contributed by atoms with Gasteiger partial charge in [0.1, 0.15) is 11.4 Å². The molecule has 1 heterocycles. The van der Waals surface area contributed by atoms with Gasteiger partial charge in [-0.15, -0.1) is 0 Å². The van der Waals surface area contributed by atoms with Crippen LogP contribution < -0.4 is 15.0 Å². The van der Waals surface area contributed by atoms with E-state index in [4.69, 9.17) is 4.74 Å². The van der Waals surface area contributed by atoms with Crippen LogP contribution in [0.25, 0.3) is 0 Å². The molecule has 2 aromatic carbocycles. The molecule has 0 aliphatic carbocycles. The molecule has 144 valence electrons. The topological polar surface area (TPSA) is 67.3 Å². The molecule has 0 spiro atoms. The number of para-hydroxylation sites is 3. The lowest BCUT2D eigenvalue weighted by atomic mass is 10.2. The van der Waals surface area contributed by atoms with Gasteiger partial charge in [0.2, 0.25) is 5.95 Å². The summed E-state index contributed by atoms with van der Waals surface area (Å²) < 4.78 is 5.64. The summed E-state index contributed by atoms with van der Waals surface area (Å²) in [6.07, 6.45) is 0. The number of rotatable bonds is 7. The molecule has 6 heteroatoms. The zero-order valence-electron chi connectivity index (χ0n) is 16.3. The minimum Gasteiger partial charge on any atom is -0.492 e. The third-order valence-electron chi connectivity index (χ3n) is 4.14. The Morgan fingerprint density at radius 2 is 1.75 bits per heavy atom. The zero-order chi connectivity index (χ0) is 19.9. The normalized spacial score (nSPS) is 10.4. The Hall–Kier alpha value is -3.41. The highest BCUT2D eigenvalue weighted by atomic mass is 16.5. The molecule has 0 saturated carbocycles. The second kappa shape index (κ2) is 8.99. The van der Waals surface area contributed by atoms with E-state index in [1.54, 1.807) is 11.0 Å². The largest absolute Gasteiger partial charge is 0.492 e. The van der Waals surface area contributed by atoms with Crippen molar-refractivity contribution in [1.82, 2.24) is 9.97 Å². The number of anilines is 3. The van der Waals surface area contributed by atoms with Crippen LogP contribution in [-0.4, -0.2) is 29.0 Å². The fourth-order valence-corrected chi connectivity index (χ4v) is 2.90. The van der Waals surface area contributed by atoms with Crippen molar-refractivity contribution in [1.29, 1.82) is 0 Å². The molecule has 1 N–H and O–H groups in total. The van der Waals surface area contributed by atoms with E-state index in [0.29, 0.717) is 36.2 Å². The predicted octanol–water partition coefficient (Wildman–Crippen LogP) is 4.59. The molecule has 0 atom stereocenters. The molecule has 3 aromatic rings. The highest BCUT2D eigenvalue weighted by Gasteiger charge is 2.19. The maximum absolute atomic E-state index is 13.1. The molecule has 0 saturated heterocycles. The van der Waals surface area contributed by atoms with Crippen LogP contribution in [0.3, 0.4) is 0 Å². The van der Waals surface area contributed by atoms with Gasteiger partial charge in [-0.3, -0.25) is 4.79 Å². The number of carbonyl (C=O) groups is 1. The van der Waals surface area contributed by atoms with Crippen LogP contribution >= 0.6 is 0 Å². The maximum Gasteiger partial charge on any atom is 0.277 e. The molecule has 6 nitrogen and oxygen atoms in total. The summed E-state index contributed by atoms with van der Waals surface area (Å²) in [6, 6.07) is 18.8. The number of hydrogen-bond acceptors (Lipinski definition) is 5. The van der Waals surface area contributed by atoms with Crippen LogP contribution in [0.1, 0.15) is 30.0 Å². The second-order valence-corrected chi connectivity index (χ2v) is 6.16. The van der Waals surface area contributed by atoms with Gasteiger partial charge >= 0.3 is 0 Å². The first-order chi connectivity index (χ1) is 13.6. The summed E-state index contributed by atoms with van der Waals surface area (Å²) in [6.45, 7) is 6.81. The lowest BCUT2D eigenvalue weighted by molar-refractivity contribution is 0.0983. The van der Waals surface area contributed by atoms with E-state index in [-0.39, 0.29) is 5.91 Å². The summed E-state index contributed by atoms with van der Waals surface area (Å²) >= 11 is 0. The second-order valence-electron chi connectivity index (χ2n) is 6.16. The van der Waals surface area contributed by atoms with Crippen molar-refractivity contribution in [2.75, 3.05) is 23.4 Å². The van der Waals surface area contributed by atoms with Crippen LogP contribution in [0.5, 0.6) is 5.75 Å². The molecule has 28 heavy (non-hydrogen) atoms. The highest BCUT2D eigenvalue weighted by Crippen LogP contribution is 2.26. The van der Waals surface area contributed by atoms with Gasteiger partial charge in [0.05, 0.1) is 12.3 Å². The molecule has 0 radical (unpaired) electrons. The number of ether oxygens (including phenoxy) is 1. The number of nitrogens with zero attached hydrogens (tertiary/aromatic N) is 3. The summed E-state index contributed by atoms with van der Waals surface area (Å²) in [7, 11) is 0. The Balaban J connectivity index is 1.90. The Morgan fingerprint density at radius 1 is 1.04 bits per heavy atom. The monoisotopic (exact) mass is 376 g/mol. The van der Waals surface area contributed by atoms with E-state index in [1.807, 2.05) is 75.4 Å². The summed E-state index contributed by atoms with van der Waals surface area (Å²) in [5.41, 5.74) is 2.64. The molecule has 0 unspecified atom stereocenters. The number of hydrogen-bond donors (Lipinski definition) is 1. The number of benzene rings is 2. The molecule has 1 amide bonds. The van der Waals surface area contributed by atoms with E-state index in [1.165, 1.54) is 0 Å². The first-order valence-corrected chi connectivity index (χ1v) is 9.33. The first kappa shape index (κ1) is 19.4. The fourth-order valence-electron chi connectivity index (χ4n) is 2.90. The Labute approximate surface area is 165 Å². The Morgan fingerprint density at radius 3 is 2.46 bits per heavy atom. The van der Waals surface area contributed by atoms with Gasteiger partial charge in [-0.05, 0) is 51.1 Å². The van der Waals surface area contributed by atoms with Crippen molar-refractivity contribution < 1.29 is 9.53 Å². The van der Waals surface area contributed by atoms with Gasteiger partial charge in [0.25, 0.3) is 5.91 Å². The van der Waals surface area contributed by atoms with Crippen LogP contribution in [-0.2, 0) is 0 Å². The lowest BCUT2D eigenvalue weighted by Crippen LogP contribution is -2.31. The van der Waals surface area contributed by atoms with Gasteiger partial charge in [-0.2, -0.15) is 0 Å². The average molecular weight is 376 g/mol. The molecule has 0 bridgehead atoms. The summed E-state index contributed by atoms with van der Waals surface area (Å²) in [5, 5.41) is 3.17. The molecule has 3 rings (SSSR count). The number of carbonyl (C=O) groups excluding carboxylic acids is 1. The van der Waals surface area contributed by atoms with Crippen LogP contribution in [0, 0.1) is 6.92 Å². The van der Waals surface area contributed by atoms with Crippen molar-refractivity contribution in [3.8, 4) is 5.75 Å². The van der Waals surface area contributed by atoms with Crippen molar-refractivity contribution in [3.63, 3.8) is 0 Å². The zero-order valence-corrected chi connectivity index (χ0v) is 16.3. The number of aromatic nitrogens is 2. The quantitative estimate of drug-likeness (QED) is 0.653. The smallest absolute Gasteiger partial charge is 0.277 e. The number of nitrogens with one attached hydrogen (secondary N) is 1. The standard InChI is InChI=1S/C22H24N4O2/c1-4-26(17-11-7-6-8-12-17)21(27)19-15-16(3)23-22(25-19)24-18-13-9-10-14-20(18)28-5-2/h6-15H,4-5H2,1-3H3,(H,23,24,25). The van der Waals surface area contributed by atoms with Crippen LogP contribution in [0.4, 0.5) is 17.3 Å². The molecule has 0 aliphatic rings. The highest BCUT2D eigenvalue weighted by molar-refractivity contribution is 6.05. The van der Waals surface area contributed by atoms with Gasteiger partial charge in [-0.1, -0.05) is 30.3 Å². The van der Waals surface area contributed by atoms with Gasteiger partial charge < -0.3 is 15.0 Å². The van der Waals surface area contributed by atoms with Crippen molar-refractivity contribution >= 4 is 23.2 Å². The molecular weight excluding hydrogens is 352 g/mol. The maximum atomic E-state index is 13.1. The van der Waals surface area contributed by atoms with E-state index >= 15 is 0 Å². The van der Waals surface area contributed by atoms with Gasteiger partial charge in [0, 0.05) is 17.9 Å². The van der Waals surface area contributed by atoms with E-state index in [2.05, 4.69) is 15.3 Å². The van der Waals surface area contributed by atoms with E-state index in [0.717, 1.165) is 11.4 Å². The lowest BCUT2D eigenvalue weighted by Gasteiger charge is -2.21. The molecular formula is C22H24N4O2. The van der Waals surface area contributed by atoms with E-state index < -0.39 is 0 Å². The van der Waals surface area contributed by atoms with Crippen molar-refractivity contribution in [3.05, 3.63) is 72.1 Å². The average Bonchev–Trinajstić information content (AvgIpc) is 2.70. The third-order valence-corrected chi connectivity index (χ3v) is 4.14. The summed E-state index contributed by atoms with van der Waals surface area (Å²) in [5.74, 6) is 0.905. The number of amides is 1. The van der Waals surface area contributed by atoms with Crippen LogP contribution in [0.2, 0.25) is 0 Å².